The lowest BCUT2D eigenvalue weighted by Gasteiger charge is -2.11. The van der Waals surface area contributed by atoms with Crippen LogP contribution in [-0.2, 0) is 6.42 Å². The van der Waals surface area contributed by atoms with Crippen molar-refractivity contribution in [2.24, 2.45) is 0 Å². The van der Waals surface area contributed by atoms with E-state index < -0.39 is 0 Å². The van der Waals surface area contributed by atoms with Crippen LogP contribution in [0.25, 0.3) is 0 Å². The second-order valence-corrected chi connectivity index (χ2v) is 5.17. The molecule has 0 spiro atoms. The van der Waals surface area contributed by atoms with Crippen LogP contribution in [0.3, 0.4) is 0 Å². The Morgan fingerprint density at radius 3 is 2.79 bits per heavy atom. The van der Waals surface area contributed by atoms with Gasteiger partial charge in [0.15, 0.2) is 0 Å². The minimum atomic E-state index is 0.146. The van der Waals surface area contributed by atoms with Crippen LogP contribution < -0.4 is 4.74 Å². The van der Waals surface area contributed by atoms with Crippen molar-refractivity contribution < 1.29 is 4.74 Å². The lowest BCUT2D eigenvalue weighted by Crippen LogP contribution is -2.05. The summed E-state index contributed by atoms with van der Waals surface area (Å²) in [5.74, 6) is 0.837. The van der Waals surface area contributed by atoms with E-state index in [4.69, 9.17) is 27.9 Å². The molecule has 0 radical (unpaired) electrons. The maximum atomic E-state index is 6.06. The van der Waals surface area contributed by atoms with Crippen LogP contribution in [0.5, 0.6) is 5.75 Å². The van der Waals surface area contributed by atoms with E-state index in [-0.39, 0.29) is 11.4 Å². The Morgan fingerprint density at radius 2 is 2.05 bits per heavy atom. The Morgan fingerprint density at radius 1 is 1.26 bits per heavy atom. The standard InChI is InChI=1S/C14H14Cl2N2O/c1-9(2)19-11-5-3-4-10(6-11)7-13-12(15)8-17-14(16)18-13/h3-6,8-9H,7H2,1-2H3. The van der Waals surface area contributed by atoms with Gasteiger partial charge in [-0.3, -0.25) is 0 Å². The highest BCUT2D eigenvalue weighted by atomic mass is 35.5. The van der Waals surface area contributed by atoms with Gasteiger partial charge in [-0.1, -0.05) is 23.7 Å². The van der Waals surface area contributed by atoms with Crippen molar-refractivity contribution in [2.75, 3.05) is 0 Å². The first kappa shape index (κ1) is 14.1. The lowest BCUT2D eigenvalue weighted by molar-refractivity contribution is 0.242. The summed E-state index contributed by atoms with van der Waals surface area (Å²) in [5, 5.41) is 0.716. The molecule has 0 saturated heterocycles. The number of halogens is 2. The molecule has 0 bridgehead atoms. The van der Waals surface area contributed by atoms with Gasteiger partial charge in [0.25, 0.3) is 0 Å². The predicted octanol–water partition coefficient (Wildman–Crippen LogP) is 4.16. The largest absolute Gasteiger partial charge is 0.491 e. The van der Waals surface area contributed by atoms with Crippen molar-refractivity contribution in [1.82, 2.24) is 9.97 Å². The normalized spacial score (nSPS) is 10.8. The minimum Gasteiger partial charge on any atom is -0.491 e. The third kappa shape index (κ3) is 4.08. The zero-order valence-electron chi connectivity index (χ0n) is 10.7. The summed E-state index contributed by atoms with van der Waals surface area (Å²) in [6, 6.07) is 7.85. The fraction of sp³-hybridized carbons (Fsp3) is 0.286. The van der Waals surface area contributed by atoms with Crippen LogP contribution >= 0.6 is 23.2 Å². The summed E-state index contributed by atoms with van der Waals surface area (Å²) >= 11 is 11.8. The summed E-state index contributed by atoms with van der Waals surface area (Å²) in [6.07, 6.45) is 2.25. The molecule has 2 rings (SSSR count). The Kier molecular flexibility index (Phi) is 4.61. The van der Waals surface area contributed by atoms with Crippen molar-refractivity contribution in [3.05, 3.63) is 52.0 Å². The SMILES string of the molecule is CC(C)Oc1cccc(Cc2nc(Cl)ncc2Cl)c1. The molecule has 1 heterocycles. The molecule has 19 heavy (non-hydrogen) atoms. The molecule has 0 aliphatic heterocycles. The molecule has 0 saturated carbocycles. The van der Waals surface area contributed by atoms with Gasteiger partial charge in [0, 0.05) is 6.42 Å². The molecule has 3 nitrogen and oxygen atoms in total. The highest BCUT2D eigenvalue weighted by molar-refractivity contribution is 6.31. The lowest BCUT2D eigenvalue weighted by atomic mass is 10.1. The van der Waals surface area contributed by atoms with Crippen LogP contribution in [0.1, 0.15) is 25.1 Å². The van der Waals surface area contributed by atoms with E-state index in [0.717, 1.165) is 11.3 Å². The Balaban J connectivity index is 2.21. The predicted molar refractivity (Wildman–Crippen MR) is 77.1 cm³/mol. The van der Waals surface area contributed by atoms with Crippen molar-refractivity contribution in [1.29, 1.82) is 0 Å². The van der Waals surface area contributed by atoms with Crippen LogP contribution in [0.2, 0.25) is 10.3 Å². The molecule has 100 valence electrons. The number of nitrogens with zero attached hydrogens (tertiary/aromatic N) is 2. The molecule has 5 heteroatoms. The van der Waals surface area contributed by atoms with Gasteiger partial charge < -0.3 is 4.74 Å². The summed E-state index contributed by atoms with van der Waals surface area (Å²) in [5.41, 5.74) is 1.78. The third-order valence-electron chi connectivity index (χ3n) is 2.43. The van der Waals surface area contributed by atoms with Gasteiger partial charge in [0.05, 0.1) is 23.0 Å². The first-order valence-corrected chi connectivity index (χ1v) is 6.72. The molecule has 0 N–H and O–H groups in total. The van der Waals surface area contributed by atoms with Gasteiger partial charge in [0.1, 0.15) is 5.75 Å². The topological polar surface area (TPSA) is 35.0 Å². The number of aromatic nitrogens is 2. The molecule has 0 amide bonds. The molecule has 0 fully saturated rings. The summed E-state index contributed by atoms with van der Waals surface area (Å²) in [4.78, 5) is 7.98. The first-order chi connectivity index (χ1) is 9.04. The van der Waals surface area contributed by atoms with E-state index in [9.17, 15) is 0 Å². The number of rotatable bonds is 4. The van der Waals surface area contributed by atoms with Crippen molar-refractivity contribution in [3.63, 3.8) is 0 Å². The second kappa shape index (κ2) is 6.22. The molecule has 2 aromatic rings. The number of hydrogen-bond acceptors (Lipinski definition) is 3. The first-order valence-electron chi connectivity index (χ1n) is 5.97. The zero-order chi connectivity index (χ0) is 13.8. The second-order valence-electron chi connectivity index (χ2n) is 4.42. The van der Waals surface area contributed by atoms with E-state index >= 15 is 0 Å². The van der Waals surface area contributed by atoms with Crippen molar-refractivity contribution in [2.45, 2.75) is 26.4 Å². The molecule has 0 unspecified atom stereocenters. The van der Waals surface area contributed by atoms with Crippen molar-refractivity contribution in [3.8, 4) is 5.75 Å². The van der Waals surface area contributed by atoms with Crippen LogP contribution in [0, 0.1) is 0 Å². The summed E-state index contributed by atoms with van der Waals surface area (Å²) < 4.78 is 5.65. The highest BCUT2D eigenvalue weighted by Gasteiger charge is 2.07. The van der Waals surface area contributed by atoms with Crippen molar-refractivity contribution >= 4 is 23.2 Å². The molecule has 1 aromatic heterocycles. The minimum absolute atomic E-state index is 0.146. The van der Waals surface area contributed by atoms with E-state index in [1.54, 1.807) is 0 Å². The van der Waals surface area contributed by atoms with E-state index in [0.29, 0.717) is 17.1 Å². The van der Waals surface area contributed by atoms with E-state index in [2.05, 4.69) is 9.97 Å². The fourth-order valence-electron chi connectivity index (χ4n) is 1.70. The Labute approximate surface area is 122 Å². The van der Waals surface area contributed by atoms with Crippen LogP contribution in [0.15, 0.2) is 30.5 Å². The summed E-state index contributed by atoms with van der Waals surface area (Å²) in [7, 11) is 0. The maximum absolute atomic E-state index is 6.06. The molecular formula is C14H14Cl2N2O. The van der Waals surface area contributed by atoms with Gasteiger partial charge in [-0.2, -0.15) is 0 Å². The molecule has 0 aliphatic carbocycles. The molecule has 1 aromatic carbocycles. The van der Waals surface area contributed by atoms with Gasteiger partial charge in [-0.15, -0.1) is 0 Å². The Hall–Kier alpha value is -1.32. The van der Waals surface area contributed by atoms with Crippen LogP contribution in [-0.4, -0.2) is 16.1 Å². The maximum Gasteiger partial charge on any atom is 0.222 e. The van der Waals surface area contributed by atoms with E-state index in [1.165, 1.54) is 6.20 Å². The Bertz CT molecular complexity index is 573. The van der Waals surface area contributed by atoms with Gasteiger partial charge in [0.2, 0.25) is 5.28 Å². The highest BCUT2D eigenvalue weighted by Crippen LogP contribution is 2.21. The monoisotopic (exact) mass is 296 g/mol. The van der Waals surface area contributed by atoms with Crippen LogP contribution in [0.4, 0.5) is 0 Å². The quantitative estimate of drug-likeness (QED) is 0.795. The molecule has 0 aliphatic rings. The van der Waals surface area contributed by atoms with Gasteiger partial charge in [-0.25, -0.2) is 9.97 Å². The summed E-state index contributed by atoms with van der Waals surface area (Å²) in [6.45, 7) is 3.99. The number of hydrogen-bond donors (Lipinski definition) is 0. The smallest absolute Gasteiger partial charge is 0.222 e. The van der Waals surface area contributed by atoms with Gasteiger partial charge in [-0.05, 0) is 43.1 Å². The average molecular weight is 297 g/mol. The van der Waals surface area contributed by atoms with E-state index in [1.807, 2.05) is 38.1 Å². The third-order valence-corrected chi connectivity index (χ3v) is 2.93. The van der Waals surface area contributed by atoms with Gasteiger partial charge >= 0.3 is 0 Å². The fourth-order valence-corrected chi connectivity index (χ4v) is 2.01. The molecular weight excluding hydrogens is 283 g/mol. The zero-order valence-corrected chi connectivity index (χ0v) is 12.2. The molecule has 0 atom stereocenters. The number of benzene rings is 1. The number of ether oxygens (including phenoxy) is 1. The average Bonchev–Trinajstić information content (AvgIpc) is 2.33.